The number of rotatable bonds is 6. The fourth-order valence-electron chi connectivity index (χ4n) is 3.17. The third kappa shape index (κ3) is 7.46. The predicted molar refractivity (Wildman–Crippen MR) is 134 cm³/mol. The molecule has 0 bridgehead atoms. The Bertz CT molecular complexity index is 1140. The maximum atomic E-state index is 12.4. The zero-order valence-corrected chi connectivity index (χ0v) is 20.0. The van der Waals surface area contributed by atoms with Crippen molar-refractivity contribution in [2.75, 3.05) is 16.4 Å². The van der Waals surface area contributed by atoms with E-state index in [9.17, 15) is 19.8 Å². The first-order chi connectivity index (χ1) is 16.3. The first kappa shape index (κ1) is 25.5. The van der Waals surface area contributed by atoms with E-state index in [1.807, 2.05) is 0 Å². The number of aliphatic hydroxyl groups is 2. The van der Waals surface area contributed by atoms with Gasteiger partial charge in [-0.15, -0.1) is 0 Å². The van der Waals surface area contributed by atoms with E-state index >= 15 is 0 Å². The van der Waals surface area contributed by atoms with Gasteiger partial charge in [0.25, 0.3) is 0 Å². The normalized spacial score (nSPS) is 11.5. The van der Waals surface area contributed by atoms with E-state index in [0.717, 1.165) is 0 Å². The zero-order chi connectivity index (χ0) is 25.8. The van der Waals surface area contributed by atoms with Crippen molar-refractivity contribution in [2.24, 2.45) is 0 Å². The van der Waals surface area contributed by atoms with Crippen LogP contribution in [0.2, 0.25) is 0 Å². The van der Waals surface area contributed by atoms with Crippen LogP contribution in [0, 0.1) is 0 Å². The Morgan fingerprint density at radius 3 is 1.49 bits per heavy atom. The SMILES string of the molecule is CC(C)(O)c1cccc(NC(=O)Oc2cc(N)cc(OC(=O)Nc3cccc(C(C)(C)O)c3)c2)c1. The van der Waals surface area contributed by atoms with Crippen LogP contribution in [0.4, 0.5) is 26.7 Å². The average Bonchev–Trinajstić information content (AvgIpc) is 2.72. The third-order valence-electron chi connectivity index (χ3n) is 4.95. The molecule has 9 nitrogen and oxygen atoms in total. The highest BCUT2D eigenvalue weighted by atomic mass is 16.6. The van der Waals surface area contributed by atoms with Crippen molar-refractivity contribution in [1.82, 2.24) is 0 Å². The van der Waals surface area contributed by atoms with Gasteiger partial charge in [-0.2, -0.15) is 0 Å². The lowest BCUT2D eigenvalue weighted by atomic mass is 9.98. The second kappa shape index (κ2) is 10.0. The van der Waals surface area contributed by atoms with Gasteiger partial charge in [-0.05, 0) is 63.1 Å². The monoisotopic (exact) mass is 479 g/mol. The number of nitrogens with one attached hydrogen (secondary N) is 2. The summed E-state index contributed by atoms with van der Waals surface area (Å²) in [6, 6.07) is 17.6. The Kier molecular flexibility index (Phi) is 7.33. The van der Waals surface area contributed by atoms with E-state index in [0.29, 0.717) is 22.5 Å². The van der Waals surface area contributed by atoms with Crippen LogP contribution in [0.15, 0.2) is 66.7 Å². The molecule has 0 heterocycles. The first-order valence-corrected chi connectivity index (χ1v) is 10.8. The van der Waals surface area contributed by atoms with Crippen molar-refractivity contribution in [3.05, 3.63) is 77.9 Å². The summed E-state index contributed by atoms with van der Waals surface area (Å²) in [5.41, 5.74) is 6.05. The van der Waals surface area contributed by atoms with Gasteiger partial charge < -0.3 is 25.4 Å². The Balaban J connectivity index is 1.66. The standard InChI is InChI=1S/C26H29N3O6/c1-25(2,32)16-7-5-9-19(11-16)28-23(30)34-21-13-18(27)14-22(15-21)35-24(31)29-20-10-6-8-17(12-20)26(3,4)33/h5-15,32-33H,27H2,1-4H3,(H,28,30)(H,29,31). The lowest BCUT2D eigenvalue weighted by Gasteiger charge is -2.18. The largest absolute Gasteiger partial charge is 0.417 e. The molecular weight excluding hydrogens is 450 g/mol. The molecule has 0 fully saturated rings. The molecule has 3 aromatic carbocycles. The summed E-state index contributed by atoms with van der Waals surface area (Å²) in [6.45, 7) is 6.55. The summed E-state index contributed by atoms with van der Waals surface area (Å²) in [4.78, 5) is 24.7. The maximum Gasteiger partial charge on any atom is 0.417 e. The predicted octanol–water partition coefficient (Wildman–Crippen LogP) is 4.95. The second-order valence-corrected chi connectivity index (χ2v) is 9.05. The minimum Gasteiger partial charge on any atom is -0.410 e. The van der Waals surface area contributed by atoms with Crippen LogP contribution in [0.3, 0.4) is 0 Å². The van der Waals surface area contributed by atoms with E-state index in [-0.39, 0.29) is 17.2 Å². The second-order valence-electron chi connectivity index (χ2n) is 9.05. The van der Waals surface area contributed by atoms with Crippen LogP contribution in [0.25, 0.3) is 0 Å². The minimum atomic E-state index is -1.07. The van der Waals surface area contributed by atoms with E-state index < -0.39 is 23.4 Å². The number of benzene rings is 3. The molecule has 0 aliphatic rings. The molecule has 0 aromatic heterocycles. The minimum absolute atomic E-state index is 0.0629. The maximum absolute atomic E-state index is 12.4. The number of nitrogens with two attached hydrogens (primary N) is 1. The van der Waals surface area contributed by atoms with E-state index in [1.54, 1.807) is 76.2 Å². The summed E-state index contributed by atoms with van der Waals surface area (Å²) in [6.07, 6.45) is -1.58. The Morgan fingerprint density at radius 1 is 0.714 bits per heavy atom. The fraction of sp³-hybridized carbons (Fsp3) is 0.231. The number of carbonyl (C=O) groups is 2. The van der Waals surface area contributed by atoms with Gasteiger partial charge in [0.2, 0.25) is 0 Å². The number of amides is 2. The van der Waals surface area contributed by atoms with Gasteiger partial charge >= 0.3 is 12.2 Å². The molecule has 35 heavy (non-hydrogen) atoms. The summed E-state index contributed by atoms with van der Waals surface area (Å²) in [5, 5.41) is 25.4. The zero-order valence-electron chi connectivity index (χ0n) is 20.0. The lowest BCUT2D eigenvalue weighted by molar-refractivity contribution is 0.0781. The summed E-state index contributed by atoms with van der Waals surface area (Å²) in [5.74, 6) is 0.126. The number of hydrogen-bond donors (Lipinski definition) is 5. The topological polar surface area (TPSA) is 143 Å². The van der Waals surface area contributed by atoms with E-state index in [2.05, 4.69) is 10.6 Å². The van der Waals surface area contributed by atoms with Crippen LogP contribution < -0.4 is 25.8 Å². The molecule has 184 valence electrons. The van der Waals surface area contributed by atoms with Crippen molar-refractivity contribution in [2.45, 2.75) is 38.9 Å². The molecule has 0 atom stereocenters. The van der Waals surface area contributed by atoms with E-state index in [4.69, 9.17) is 15.2 Å². The van der Waals surface area contributed by atoms with Gasteiger partial charge in [0.1, 0.15) is 11.5 Å². The van der Waals surface area contributed by atoms with E-state index in [1.165, 1.54) is 18.2 Å². The summed E-state index contributed by atoms with van der Waals surface area (Å²) >= 11 is 0. The number of carbonyl (C=O) groups excluding carboxylic acids is 2. The molecule has 0 aliphatic carbocycles. The van der Waals surface area contributed by atoms with Gasteiger partial charge in [0, 0.05) is 35.3 Å². The Hall–Kier alpha value is -4.08. The van der Waals surface area contributed by atoms with Crippen LogP contribution >= 0.6 is 0 Å². The molecule has 0 saturated carbocycles. The van der Waals surface area contributed by atoms with Crippen molar-refractivity contribution in [1.29, 1.82) is 0 Å². The fourth-order valence-corrected chi connectivity index (χ4v) is 3.17. The highest BCUT2D eigenvalue weighted by Crippen LogP contribution is 2.27. The quantitative estimate of drug-likeness (QED) is 0.315. The number of hydrogen-bond acceptors (Lipinski definition) is 7. The molecule has 6 N–H and O–H groups in total. The smallest absolute Gasteiger partial charge is 0.410 e. The highest BCUT2D eigenvalue weighted by Gasteiger charge is 2.18. The molecule has 3 aromatic rings. The van der Waals surface area contributed by atoms with Crippen LogP contribution in [0.1, 0.15) is 38.8 Å². The van der Waals surface area contributed by atoms with Crippen LogP contribution in [0.5, 0.6) is 11.5 Å². The van der Waals surface area contributed by atoms with Crippen molar-refractivity contribution in [3.63, 3.8) is 0 Å². The van der Waals surface area contributed by atoms with Crippen molar-refractivity contribution in [3.8, 4) is 11.5 Å². The van der Waals surface area contributed by atoms with Gasteiger partial charge in [-0.1, -0.05) is 24.3 Å². The molecule has 0 aliphatic heterocycles. The number of anilines is 3. The molecule has 0 spiro atoms. The summed E-state index contributed by atoms with van der Waals surface area (Å²) in [7, 11) is 0. The van der Waals surface area contributed by atoms with Crippen molar-refractivity contribution < 1.29 is 29.3 Å². The van der Waals surface area contributed by atoms with Gasteiger partial charge in [0.15, 0.2) is 0 Å². The van der Waals surface area contributed by atoms with Gasteiger partial charge in [0.05, 0.1) is 11.2 Å². The van der Waals surface area contributed by atoms with Crippen LogP contribution in [-0.2, 0) is 11.2 Å². The van der Waals surface area contributed by atoms with Gasteiger partial charge in [-0.3, -0.25) is 10.6 Å². The molecule has 0 unspecified atom stereocenters. The molecule has 9 heteroatoms. The highest BCUT2D eigenvalue weighted by molar-refractivity contribution is 5.88. The van der Waals surface area contributed by atoms with Crippen molar-refractivity contribution >= 4 is 29.2 Å². The molecule has 3 rings (SSSR count). The first-order valence-electron chi connectivity index (χ1n) is 10.8. The molecule has 2 amide bonds. The third-order valence-corrected chi connectivity index (χ3v) is 4.95. The molecule has 0 saturated heterocycles. The molecule has 0 radical (unpaired) electrons. The Morgan fingerprint density at radius 2 is 1.11 bits per heavy atom. The summed E-state index contributed by atoms with van der Waals surface area (Å²) < 4.78 is 10.6. The average molecular weight is 480 g/mol. The lowest BCUT2D eigenvalue weighted by Crippen LogP contribution is -2.20. The van der Waals surface area contributed by atoms with Gasteiger partial charge in [-0.25, -0.2) is 9.59 Å². The Labute approximate surface area is 203 Å². The molecular formula is C26H29N3O6. The van der Waals surface area contributed by atoms with Crippen LogP contribution in [-0.4, -0.2) is 22.4 Å². The number of nitrogen functional groups attached to an aromatic ring is 1. The number of ether oxygens (including phenoxy) is 2.